The molecule has 4 aromatic rings. The zero-order valence-electron chi connectivity index (χ0n) is 23.2. The minimum atomic E-state index is -0.739. The van der Waals surface area contributed by atoms with Gasteiger partial charge in [-0.2, -0.15) is 5.26 Å². The summed E-state index contributed by atoms with van der Waals surface area (Å²) in [5, 5.41) is 11.0. The Labute approximate surface area is 241 Å². The molecule has 1 aliphatic heterocycles. The highest BCUT2D eigenvalue weighted by molar-refractivity contribution is 7.07. The van der Waals surface area contributed by atoms with Gasteiger partial charge in [-0.15, -0.1) is 0 Å². The fourth-order valence-corrected chi connectivity index (χ4v) is 5.91. The summed E-state index contributed by atoms with van der Waals surface area (Å²) >= 11 is 1.24. The molecule has 1 aliphatic rings. The van der Waals surface area contributed by atoms with Crippen LogP contribution in [0.5, 0.6) is 11.5 Å². The number of ether oxygens (including phenoxy) is 3. The lowest BCUT2D eigenvalue weighted by molar-refractivity contribution is -0.143. The van der Waals surface area contributed by atoms with E-state index in [4.69, 9.17) is 19.5 Å². The Bertz CT molecular complexity index is 1880. The number of allylic oxidation sites excluding steroid dienone is 1. The predicted molar refractivity (Wildman–Crippen MR) is 158 cm³/mol. The Kier molecular flexibility index (Phi) is 8.04. The number of benzene rings is 3. The zero-order valence-corrected chi connectivity index (χ0v) is 24.0. The van der Waals surface area contributed by atoms with E-state index in [-0.39, 0.29) is 18.3 Å². The Morgan fingerprint density at radius 3 is 2.59 bits per heavy atom. The van der Waals surface area contributed by atoms with E-state index in [9.17, 15) is 9.59 Å². The van der Waals surface area contributed by atoms with E-state index in [1.54, 1.807) is 37.5 Å². The highest BCUT2D eigenvalue weighted by Gasteiger charge is 2.34. The predicted octanol–water partition coefficient (Wildman–Crippen LogP) is 4.64. The van der Waals surface area contributed by atoms with Gasteiger partial charge in [0.25, 0.3) is 5.56 Å². The van der Waals surface area contributed by atoms with E-state index >= 15 is 0 Å². The van der Waals surface area contributed by atoms with E-state index in [1.165, 1.54) is 11.3 Å². The lowest BCUT2D eigenvalue weighted by Crippen LogP contribution is -2.40. The van der Waals surface area contributed by atoms with Gasteiger partial charge in [0, 0.05) is 5.56 Å². The van der Waals surface area contributed by atoms with Gasteiger partial charge in [0.1, 0.15) is 17.6 Å². The second-order valence-corrected chi connectivity index (χ2v) is 10.7. The number of nitrogens with zero attached hydrogens (tertiary/aromatic N) is 3. The number of thiazole rings is 1. The smallest absolute Gasteiger partial charge is 0.338 e. The topological polar surface area (TPSA) is 103 Å². The molecule has 5 rings (SSSR count). The maximum atomic E-state index is 14.1. The molecule has 0 spiro atoms. The first-order valence-electron chi connectivity index (χ1n) is 13.3. The summed E-state index contributed by atoms with van der Waals surface area (Å²) in [6.45, 7) is 7.63. The van der Waals surface area contributed by atoms with Crippen molar-refractivity contribution in [3.05, 3.63) is 103 Å². The lowest BCUT2D eigenvalue weighted by atomic mass is 9.95. The first-order chi connectivity index (χ1) is 19.8. The van der Waals surface area contributed by atoms with Gasteiger partial charge >= 0.3 is 5.97 Å². The van der Waals surface area contributed by atoms with Crippen molar-refractivity contribution in [2.75, 3.05) is 13.2 Å². The maximum absolute atomic E-state index is 14.1. The van der Waals surface area contributed by atoms with Crippen molar-refractivity contribution in [3.8, 4) is 17.6 Å². The molecule has 0 saturated heterocycles. The third-order valence-corrected chi connectivity index (χ3v) is 7.57. The summed E-state index contributed by atoms with van der Waals surface area (Å²) in [4.78, 5) is 32.6. The quantitative estimate of drug-likeness (QED) is 0.288. The van der Waals surface area contributed by atoms with Gasteiger partial charge in [-0.1, -0.05) is 53.8 Å². The Morgan fingerprint density at radius 1 is 1.12 bits per heavy atom. The molecule has 0 unspecified atom stereocenters. The Hall–Kier alpha value is -4.68. The molecule has 8 nitrogen and oxygen atoms in total. The van der Waals surface area contributed by atoms with Crippen LogP contribution in [0.1, 0.15) is 44.9 Å². The summed E-state index contributed by atoms with van der Waals surface area (Å²) in [7, 11) is 0. The van der Waals surface area contributed by atoms with E-state index in [1.807, 2.05) is 67.6 Å². The monoisotopic (exact) mass is 567 g/mol. The van der Waals surface area contributed by atoms with Gasteiger partial charge in [0.15, 0.2) is 11.4 Å². The van der Waals surface area contributed by atoms with Crippen LogP contribution < -0.4 is 24.4 Å². The third-order valence-electron chi connectivity index (χ3n) is 6.59. The van der Waals surface area contributed by atoms with Crippen molar-refractivity contribution in [1.29, 1.82) is 5.26 Å². The van der Waals surface area contributed by atoms with Crippen LogP contribution in [0.4, 0.5) is 0 Å². The van der Waals surface area contributed by atoms with Crippen LogP contribution in [0.3, 0.4) is 0 Å². The molecule has 0 fully saturated rings. The van der Waals surface area contributed by atoms with E-state index in [0.717, 1.165) is 16.3 Å². The maximum Gasteiger partial charge on any atom is 0.338 e. The highest BCUT2D eigenvalue weighted by atomic mass is 32.1. The molecule has 0 aliphatic carbocycles. The largest absolute Gasteiger partial charge is 0.494 e. The average Bonchev–Trinajstić information content (AvgIpc) is 3.26. The van der Waals surface area contributed by atoms with Crippen LogP contribution >= 0.6 is 11.3 Å². The van der Waals surface area contributed by atoms with Crippen LogP contribution in [0.15, 0.2) is 81.7 Å². The SMILES string of the molecule is CCOc1ccc([C@@H]2C(C(=O)OC(C)C)=C(C)N=c3s/c(=C/c4c(OCC#N)ccc5ccccc45)c(=O)n32)cc1. The molecule has 0 N–H and O–H groups in total. The van der Waals surface area contributed by atoms with Crippen molar-refractivity contribution in [2.45, 2.75) is 39.8 Å². The standard InChI is InChI=1S/C32H29N3O5S/c1-5-38-23-13-10-22(11-14-23)29-28(31(37)40-19(2)3)20(4)34-32-35(29)30(36)27(41-32)18-25-24-9-7-6-8-21(24)12-15-26(25)39-17-16-33/h6-15,18-19,29H,5,17H2,1-4H3/b27-18+/t29-/m1/s1. The van der Waals surface area contributed by atoms with Gasteiger partial charge in [-0.25, -0.2) is 9.79 Å². The van der Waals surface area contributed by atoms with Crippen molar-refractivity contribution in [2.24, 2.45) is 4.99 Å². The summed E-state index contributed by atoms with van der Waals surface area (Å²) < 4.78 is 18.9. The zero-order chi connectivity index (χ0) is 29.1. The van der Waals surface area contributed by atoms with Gasteiger partial charge in [-0.3, -0.25) is 9.36 Å². The first kappa shape index (κ1) is 27.9. The molecule has 0 bridgehead atoms. The summed E-state index contributed by atoms with van der Waals surface area (Å²) in [6.07, 6.45) is 1.44. The lowest BCUT2D eigenvalue weighted by Gasteiger charge is -2.25. The Balaban J connectivity index is 1.74. The van der Waals surface area contributed by atoms with Gasteiger partial charge in [0.2, 0.25) is 0 Å². The molecule has 0 radical (unpaired) electrons. The second-order valence-electron chi connectivity index (χ2n) is 9.68. The van der Waals surface area contributed by atoms with Crippen LogP contribution in [-0.2, 0) is 9.53 Å². The van der Waals surface area contributed by atoms with E-state index < -0.39 is 12.0 Å². The number of fused-ring (bicyclic) bond motifs is 2. The molecule has 9 heteroatoms. The summed E-state index contributed by atoms with van der Waals surface area (Å²) in [6, 6.07) is 20.1. The minimum Gasteiger partial charge on any atom is -0.494 e. The molecule has 2 heterocycles. The number of carbonyl (C=O) groups is 1. The van der Waals surface area contributed by atoms with Gasteiger partial charge in [-0.05, 0) is 68.3 Å². The number of hydrogen-bond donors (Lipinski definition) is 0. The van der Waals surface area contributed by atoms with Crippen LogP contribution in [0.2, 0.25) is 0 Å². The van der Waals surface area contributed by atoms with Gasteiger partial charge < -0.3 is 14.2 Å². The fraction of sp³-hybridized carbons (Fsp3) is 0.250. The number of esters is 1. The molecule has 41 heavy (non-hydrogen) atoms. The van der Waals surface area contributed by atoms with Crippen molar-refractivity contribution >= 4 is 34.2 Å². The molecule has 208 valence electrons. The minimum absolute atomic E-state index is 0.126. The van der Waals surface area contributed by atoms with Crippen LogP contribution in [0.25, 0.3) is 16.8 Å². The van der Waals surface area contributed by atoms with E-state index in [2.05, 4.69) is 4.99 Å². The van der Waals surface area contributed by atoms with Gasteiger partial charge in [0.05, 0.1) is 34.6 Å². The van der Waals surface area contributed by atoms with Crippen molar-refractivity contribution < 1.29 is 19.0 Å². The molecule has 0 amide bonds. The molecule has 0 saturated carbocycles. The number of nitriles is 1. The fourth-order valence-electron chi connectivity index (χ4n) is 4.88. The van der Waals surface area contributed by atoms with E-state index in [0.29, 0.717) is 44.3 Å². The summed E-state index contributed by atoms with van der Waals surface area (Å²) in [5.41, 5.74) is 1.93. The second kappa shape index (κ2) is 11.8. The summed E-state index contributed by atoms with van der Waals surface area (Å²) in [5.74, 6) is 0.670. The first-order valence-corrected chi connectivity index (χ1v) is 14.1. The van der Waals surface area contributed by atoms with Crippen LogP contribution in [0, 0.1) is 11.3 Å². The number of aromatic nitrogens is 1. The molecular weight excluding hydrogens is 538 g/mol. The number of rotatable bonds is 8. The molecule has 1 aromatic heterocycles. The highest BCUT2D eigenvalue weighted by Crippen LogP contribution is 2.32. The van der Waals surface area contributed by atoms with Crippen molar-refractivity contribution in [3.63, 3.8) is 0 Å². The molecular formula is C32H29N3O5S. The molecule has 3 aromatic carbocycles. The number of carbonyl (C=O) groups excluding carboxylic acids is 1. The van der Waals surface area contributed by atoms with Crippen LogP contribution in [-0.4, -0.2) is 29.9 Å². The number of hydrogen-bond acceptors (Lipinski definition) is 8. The molecule has 1 atom stereocenters. The normalized spacial score (nSPS) is 14.9. The van der Waals surface area contributed by atoms with Crippen molar-refractivity contribution in [1.82, 2.24) is 4.57 Å². The Morgan fingerprint density at radius 2 is 1.88 bits per heavy atom. The average molecular weight is 568 g/mol. The third kappa shape index (κ3) is 5.52.